The minimum absolute atomic E-state index is 0.107. The zero-order valence-corrected chi connectivity index (χ0v) is 12.7. The second-order valence-electron chi connectivity index (χ2n) is 5.91. The van der Waals surface area contributed by atoms with Gasteiger partial charge in [-0.15, -0.1) is 11.8 Å². The quantitative estimate of drug-likeness (QED) is 0.867. The lowest BCUT2D eigenvalue weighted by atomic mass is 10.1. The highest BCUT2D eigenvalue weighted by atomic mass is 32.2. The zero-order chi connectivity index (χ0) is 14.2. The molecule has 0 aromatic heterocycles. The monoisotopic (exact) mass is 301 g/mol. The van der Waals surface area contributed by atoms with Crippen LogP contribution in [0, 0.1) is 0 Å². The molecule has 1 amide bonds. The van der Waals surface area contributed by atoms with E-state index in [1.807, 2.05) is 40.9 Å². The standard InChI is InChI=1S/C16H19N3OS/c20-16-12-7-3-4-8-13(12)18-15(14-9-21-10-19(14)16)17-11-5-1-2-6-11/h3-4,7-8,11,14H,1-2,5-6,9-10H2,(H,17,18). The summed E-state index contributed by atoms with van der Waals surface area (Å²) in [4.78, 5) is 19.7. The second-order valence-corrected chi connectivity index (χ2v) is 6.91. The van der Waals surface area contributed by atoms with Crippen molar-refractivity contribution in [3.8, 4) is 0 Å². The first-order chi connectivity index (χ1) is 10.3. The molecule has 1 aromatic rings. The fourth-order valence-electron chi connectivity index (χ4n) is 3.37. The summed E-state index contributed by atoms with van der Waals surface area (Å²) in [6.45, 7) is 0. The number of amides is 1. The van der Waals surface area contributed by atoms with Gasteiger partial charge in [-0.1, -0.05) is 25.0 Å². The van der Waals surface area contributed by atoms with Crippen LogP contribution in [0.5, 0.6) is 0 Å². The van der Waals surface area contributed by atoms with E-state index < -0.39 is 0 Å². The van der Waals surface area contributed by atoms with Gasteiger partial charge in [-0.25, -0.2) is 0 Å². The highest BCUT2D eigenvalue weighted by Gasteiger charge is 2.37. The Morgan fingerprint density at radius 3 is 2.90 bits per heavy atom. The number of nitrogens with one attached hydrogen (secondary N) is 1. The summed E-state index contributed by atoms with van der Waals surface area (Å²) in [5.41, 5.74) is 1.67. The van der Waals surface area contributed by atoms with Crippen molar-refractivity contribution in [3.63, 3.8) is 0 Å². The highest BCUT2D eigenvalue weighted by molar-refractivity contribution is 7.99. The number of anilines is 1. The molecule has 1 aliphatic carbocycles. The predicted octanol–water partition coefficient (Wildman–Crippen LogP) is 2.97. The van der Waals surface area contributed by atoms with Gasteiger partial charge in [0.25, 0.3) is 5.91 Å². The molecule has 0 radical (unpaired) electrons. The van der Waals surface area contributed by atoms with Crippen molar-refractivity contribution in [2.45, 2.75) is 37.8 Å². The fourth-order valence-corrected chi connectivity index (χ4v) is 4.53. The number of hydrogen-bond donors (Lipinski definition) is 1. The summed E-state index contributed by atoms with van der Waals surface area (Å²) in [5, 5.41) is 3.46. The minimum atomic E-state index is 0.107. The number of carbonyl (C=O) groups is 1. The molecule has 2 fully saturated rings. The number of carbonyl (C=O) groups excluding carboxylic acids is 1. The Morgan fingerprint density at radius 1 is 1.24 bits per heavy atom. The first-order valence-corrected chi connectivity index (χ1v) is 8.81. The lowest BCUT2D eigenvalue weighted by Gasteiger charge is -2.22. The number of amidine groups is 1. The third-order valence-corrected chi connectivity index (χ3v) is 5.54. The summed E-state index contributed by atoms with van der Waals surface area (Å²) in [6, 6.07) is 8.32. The first kappa shape index (κ1) is 13.2. The molecule has 3 aliphatic rings. The van der Waals surface area contributed by atoms with E-state index in [-0.39, 0.29) is 11.9 Å². The number of nitrogens with zero attached hydrogens (tertiary/aromatic N) is 2. The molecule has 1 saturated heterocycles. The van der Waals surface area contributed by atoms with E-state index in [0.717, 1.165) is 28.7 Å². The molecule has 0 bridgehead atoms. The van der Waals surface area contributed by atoms with Crippen LogP contribution >= 0.6 is 11.8 Å². The summed E-state index contributed by atoms with van der Waals surface area (Å²) in [5.74, 6) is 2.83. The molecule has 21 heavy (non-hydrogen) atoms. The van der Waals surface area contributed by atoms with Crippen molar-refractivity contribution in [1.29, 1.82) is 0 Å². The number of aliphatic imine (C=N–C) groups is 1. The number of para-hydroxylation sites is 1. The van der Waals surface area contributed by atoms with Crippen molar-refractivity contribution >= 4 is 29.2 Å². The summed E-state index contributed by atoms with van der Waals surface area (Å²) in [6.07, 6.45) is 4.92. The molecule has 4 rings (SSSR count). The summed E-state index contributed by atoms with van der Waals surface area (Å²) < 4.78 is 0. The molecule has 1 saturated carbocycles. The zero-order valence-electron chi connectivity index (χ0n) is 11.9. The Labute approximate surface area is 129 Å². The van der Waals surface area contributed by atoms with Crippen LogP contribution in [-0.2, 0) is 0 Å². The largest absolute Gasteiger partial charge is 0.342 e. The van der Waals surface area contributed by atoms with Gasteiger partial charge in [0.1, 0.15) is 5.84 Å². The van der Waals surface area contributed by atoms with Gasteiger partial charge in [-0.2, -0.15) is 0 Å². The number of hydrogen-bond acceptors (Lipinski definition) is 3. The maximum absolute atomic E-state index is 12.7. The van der Waals surface area contributed by atoms with Gasteiger partial charge < -0.3 is 10.2 Å². The second kappa shape index (κ2) is 5.37. The Bertz CT molecular complexity index is 595. The van der Waals surface area contributed by atoms with Crippen molar-refractivity contribution in [3.05, 3.63) is 29.8 Å². The van der Waals surface area contributed by atoms with Crippen LogP contribution in [0.3, 0.4) is 0 Å². The lowest BCUT2D eigenvalue weighted by molar-refractivity contribution is 0.0783. The molecule has 4 nitrogen and oxygen atoms in total. The average Bonchev–Trinajstić information content (AvgIpc) is 3.15. The van der Waals surface area contributed by atoms with E-state index in [4.69, 9.17) is 4.99 Å². The SMILES string of the molecule is O=C1c2ccccc2NC(=NC2CCCC2)C2CSCN12. The van der Waals surface area contributed by atoms with Crippen molar-refractivity contribution in [2.24, 2.45) is 4.99 Å². The first-order valence-electron chi connectivity index (χ1n) is 7.65. The Kier molecular flexibility index (Phi) is 3.37. The van der Waals surface area contributed by atoms with Crippen LogP contribution in [0.25, 0.3) is 0 Å². The van der Waals surface area contributed by atoms with E-state index in [0.29, 0.717) is 6.04 Å². The van der Waals surface area contributed by atoms with Crippen molar-refractivity contribution in [1.82, 2.24) is 4.90 Å². The average molecular weight is 301 g/mol. The van der Waals surface area contributed by atoms with Gasteiger partial charge >= 0.3 is 0 Å². The van der Waals surface area contributed by atoms with Gasteiger partial charge in [0.15, 0.2) is 0 Å². The van der Waals surface area contributed by atoms with Gasteiger partial charge in [0, 0.05) is 5.75 Å². The van der Waals surface area contributed by atoms with Crippen LogP contribution in [0.1, 0.15) is 36.0 Å². The number of rotatable bonds is 1. The van der Waals surface area contributed by atoms with E-state index in [1.165, 1.54) is 25.7 Å². The molecular weight excluding hydrogens is 282 g/mol. The minimum Gasteiger partial charge on any atom is -0.342 e. The molecule has 2 aliphatic heterocycles. The fraction of sp³-hybridized carbons (Fsp3) is 0.500. The topological polar surface area (TPSA) is 44.7 Å². The molecule has 1 N–H and O–H groups in total. The van der Waals surface area contributed by atoms with Gasteiger partial charge in [0.2, 0.25) is 0 Å². The maximum atomic E-state index is 12.7. The van der Waals surface area contributed by atoms with Crippen LogP contribution < -0.4 is 5.32 Å². The van der Waals surface area contributed by atoms with Crippen molar-refractivity contribution in [2.75, 3.05) is 16.9 Å². The molecule has 110 valence electrons. The molecule has 1 aromatic carbocycles. The number of benzene rings is 1. The molecule has 0 spiro atoms. The molecule has 1 atom stereocenters. The van der Waals surface area contributed by atoms with Gasteiger partial charge in [-0.3, -0.25) is 9.79 Å². The Balaban J connectivity index is 1.75. The Hall–Kier alpha value is -1.49. The third kappa shape index (κ3) is 2.33. The molecular formula is C16H19N3OS. The van der Waals surface area contributed by atoms with Gasteiger partial charge in [0.05, 0.1) is 29.2 Å². The predicted molar refractivity (Wildman–Crippen MR) is 87.0 cm³/mol. The highest BCUT2D eigenvalue weighted by Crippen LogP contribution is 2.31. The molecule has 5 heteroatoms. The summed E-state index contributed by atoms with van der Waals surface area (Å²) in [7, 11) is 0. The van der Waals surface area contributed by atoms with E-state index in [9.17, 15) is 4.79 Å². The lowest BCUT2D eigenvalue weighted by Crippen LogP contribution is -2.42. The van der Waals surface area contributed by atoms with Crippen LogP contribution in [0.2, 0.25) is 0 Å². The van der Waals surface area contributed by atoms with Crippen molar-refractivity contribution < 1.29 is 4.79 Å². The van der Waals surface area contributed by atoms with Crippen LogP contribution in [0.4, 0.5) is 5.69 Å². The number of thioether (sulfide) groups is 1. The van der Waals surface area contributed by atoms with Crippen LogP contribution in [-0.4, -0.2) is 40.4 Å². The summed E-state index contributed by atoms with van der Waals surface area (Å²) >= 11 is 1.81. The van der Waals surface area contributed by atoms with E-state index >= 15 is 0 Å². The number of fused-ring (bicyclic) bond motifs is 2. The van der Waals surface area contributed by atoms with E-state index in [2.05, 4.69) is 5.32 Å². The smallest absolute Gasteiger partial charge is 0.257 e. The molecule has 1 unspecified atom stereocenters. The molecule has 2 heterocycles. The van der Waals surface area contributed by atoms with Gasteiger partial charge in [-0.05, 0) is 25.0 Å². The normalized spacial score (nSPS) is 27.4. The maximum Gasteiger partial charge on any atom is 0.257 e. The van der Waals surface area contributed by atoms with Crippen LogP contribution in [0.15, 0.2) is 29.3 Å². The third-order valence-electron chi connectivity index (χ3n) is 4.53. The van der Waals surface area contributed by atoms with E-state index in [1.54, 1.807) is 0 Å². The Morgan fingerprint density at radius 2 is 2.05 bits per heavy atom.